The number of rotatable bonds is 5. The molecule has 0 aromatic heterocycles. The Labute approximate surface area is 143 Å². The number of nitrogens with zero attached hydrogens (tertiary/aromatic N) is 1. The summed E-state index contributed by atoms with van der Waals surface area (Å²) in [5.74, 6) is -0.929. The molecule has 0 bridgehead atoms. The molecule has 2 aromatic rings. The first-order valence-electron chi connectivity index (χ1n) is 8.12. The van der Waals surface area contributed by atoms with E-state index in [0.717, 1.165) is 11.1 Å². The lowest BCUT2D eigenvalue weighted by Crippen LogP contribution is -2.26. The van der Waals surface area contributed by atoms with E-state index in [1.165, 1.54) is 0 Å². The second-order valence-corrected chi connectivity index (χ2v) is 6.83. The molecule has 0 heterocycles. The van der Waals surface area contributed by atoms with Gasteiger partial charge in [-0.2, -0.15) is 5.26 Å². The molecule has 24 heavy (non-hydrogen) atoms. The molecule has 0 aliphatic heterocycles. The molecule has 0 amide bonds. The Morgan fingerprint density at radius 1 is 1.00 bits per heavy atom. The van der Waals surface area contributed by atoms with Gasteiger partial charge in [0.15, 0.2) is 0 Å². The van der Waals surface area contributed by atoms with Crippen LogP contribution in [0, 0.1) is 11.3 Å². The maximum atomic E-state index is 12.4. The van der Waals surface area contributed by atoms with Crippen molar-refractivity contribution in [2.24, 2.45) is 0 Å². The standard InChI is InChI=1S/C21H23NO2/c1-21(2,3)24-20(23)14-18(16-10-6-4-7-11-16)19(15-22)17-12-8-5-9-13-17/h4-13,18-19H,14H2,1-3H3. The van der Waals surface area contributed by atoms with Crippen LogP contribution in [0.25, 0.3) is 0 Å². The first-order chi connectivity index (χ1) is 11.4. The van der Waals surface area contributed by atoms with E-state index in [9.17, 15) is 10.1 Å². The fraction of sp³-hybridized carbons (Fsp3) is 0.333. The van der Waals surface area contributed by atoms with Crippen molar-refractivity contribution in [1.29, 1.82) is 5.26 Å². The fourth-order valence-electron chi connectivity index (χ4n) is 2.75. The quantitative estimate of drug-likeness (QED) is 0.743. The molecular formula is C21H23NO2. The van der Waals surface area contributed by atoms with Gasteiger partial charge in [0.25, 0.3) is 0 Å². The summed E-state index contributed by atoms with van der Waals surface area (Å²) in [6.07, 6.45) is 0.175. The highest BCUT2D eigenvalue weighted by Gasteiger charge is 2.29. The minimum atomic E-state index is -0.535. The zero-order valence-corrected chi connectivity index (χ0v) is 14.4. The van der Waals surface area contributed by atoms with E-state index in [1.54, 1.807) is 0 Å². The van der Waals surface area contributed by atoms with Crippen LogP contribution in [-0.2, 0) is 9.53 Å². The van der Waals surface area contributed by atoms with Crippen LogP contribution in [0.4, 0.5) is 0 Å². The van der Waals surface area contributed by atoms with Crippen LogP contribution in [0.5, 0.6) is 0 Å². The van der Waals surface area contributed by atoms with Crippen LogP contribution >= 0.6 is 0 Å². The molecule has 2 unspecified atom stereocenters. The monoisotopic (exact) mass is 321 g/mol. The summed E-state index contributed by atoms with van der Waals surface area (Å²) in [6, 6.07) is 21.7. The molecule has 124 valence electrons. The number of ether oxygens (including phenoxy) is 1. The first kappa shape index (κ1) is 17.7. The van der Waals surface area contributed by atoms with Crippen LogP contribution < -0.4 is 0 Å². The van der Waals surface area contributed by atoms with Crippen molar-refractivity contribution >= 4 is 5.97 Å². The highest BCUT2D eigenvalue weighted by Crippen LogP contribution is 2.35. The molecule has 2 rings (SSSR count). The van der Waals surface area contributed by atoms with Gasteiger partial charge in [-0.3, -0.25) is 4.79 Å². The zero-order chi connectivity index (χ0) is 17.6. The predicted molar refractivity (Wildman–Crippen MR) is 94.4 cm³/mol. The average molecular weight is 321 g/mol. The Kier molecular flexibility index (Phi) is 5.76. The number of hydrogen-bond acceptors (Lipinski definition) is 3. The van der Waals surface area contributed by atoms with E-state index < -0.39 is 11.5 Å². The number of carbonyl (C=O) groups excluding carboxylic acids is 1. The summed E-state index contributed by atoms with van der Waals surface area (Å²) in [7, 11) is 0. The second-order valence-electron chi connectivity index (χ2n) is 6.83. The Bertz CT molecular complexity index is 696. The SMILES string of the molecule is CC(C)(C)OC(=O)CC(c1ccccc1)C(C#N)c1ccccc1. The molecule has 0 fully saturated rings. The summed E-state index contributed by atoms with van der Waals surface area (Å²) in [4.78, 5) is 12.4. The van der Waals surface area contributed by atoms with Crippen molar-refractivity contribution in [3.05, 3.63) is 71.8 Å². The van der Waals surface area contributed by atoms with Gasteiger partial charge in [-0.25, -0.2) is 0 Å². The highest BCUT2D eigenvalue weighted by molar-refractivity contribution is 5.71. The van der Waals surface area contributed by atoms with Crippen molar-refractivity contribution in [3.63, 3.8) is 0 Å². The van der Waals surface area contributed by atoms with Gasteiger partial charge < -0.3 is 4.74 Å². The third-order valence-corrected chi connectivity index (χ3v) is 3.73. The molecule has 2 aromatic carbocycles. The van der Waals surface area contributed by atoms with Crippen molar-refractivity contribution in [2.45, 2.75) is 44.6 Å². The van der Waals surface area contributed by atoms with E-state index in [1.807, 2.05) is 81.4 Å². The first-order valence-corrected chi connectivity index (χ1v) is 8.12. The molecule has 0 spiro atoms. The third kappa shape index (κ3) is 4.96. The fourth-order valence-corrected chi connectivity index (χ4v) is 2.75. The van der Waals surface area contributed by atoms with E-state index in [4.69, 9.17) is 4.74 Å². The number of nitriles is 1. The van der Waals surface area contributed by atoms with Gasteiger partial charge in [0.1, 0.15) is 5.60 Å². The maximum absolute atomic E-state index is 12.4. The number of carbonyl (C=O) groups is 1. The van der Waals surface area contributed by atoms with Gasteiger partial charge in [0, 0.05) is 5.92 Å². The van der Waals surface area contributed by atoms with Crippen molar-refractivity contribution in [3.8, 4) is 6.07 Å². The Balaban J connectivity index is 2.33. The lowest BCUT2D eigenvalue weighted by atomic mass is 9.80. The highest BCUT2D eigenvalue weighted by atomic mass is 16.6. The molecular weight excluding hydrogens is 298 g/mol. The molecule has 0 aliphatic carbocycles. The average Bonchev–Trinajstić information content (AvgIpc) is 2.55. The van der Waals surface area contributed by atoms with Gasteiger partial charge in [-0.1, -0.05) is 60.7 Å². The van der Waals surface area contributed by atoms with Gasteiger partial charge in [0.05, 0.1) is 18.4 Å². The van der Waals surface area contributed by atoms with Gasteiger partial charge in [-0.05, 0) is 31.9 Å². The molecule has 0 saturated heterocycles. The summed E-state index contributed by atoms with van der Waals surface area (Å²) in [6.45, 7) is 5.55. The molecule has 0 aliphatic rings. The van der Waals surface area contributed by atoms with Crippen LogP contribution in [0.3, 0.4) is 0 Å². The van der Waals surface area contributed by atoms with Crippen LogP contribution in [0.1, 0.15) is 50.2 Å². The lowest BCUT2D eigenvalue weighted by Gasteiger charge is -2.25. The Morgan fingerprint density at radius 2 is 1.50 bits per heavy atom. The van der Waals surface area contributed by atoms with E-state index >= 15 is 0 Å². The van der Waals surface area contributed by atoms with E-state index in [-0.39, 0.29) is 18.3 Å². The number of benzene rings is 2. The minimum Gasteiger partial charge on any atom is -0.460 e. The Hall–Kier alpha value is -2.60. The number of hydrogen-bond donors (Lipinski definition) is 0. The van der Waals surface area contributed by atoms with Crippen LogP contribution in [0.2, 0.25) is 0 Å². The largest absolute Gasteiger partial charge is 0.460 e. The smallest absolute Gasteiger partial charge is 0.306 e. The lowest BCUT2D eigenvalue weighted by molar-refractivity contribution is -0.155. The number of esters is 1. The van der Waals surface area contributed by atoms with Crippen molar-refractivity contribution in [1.82, 2.24) is 0 Å². The molecule has 3 nitrogen and oxygen atoms in total. The summed E-state index contributed by atoms with van der Waals surface area (Å²) >= 11 is 0. The normalized spacial score (nSPS) is 13.6. The van der Waals surface area contributed by atoms with Gasteiger partial charge >= 0.3 is 5.97 Å². The molecule has 0 radical (unpaired) electrons. The van der Waals surface area contributed by atoms with Crippen molar-refractivity contribution < 1.29 is 9.53 Å². The predicted octanol–water partition coefficient (Wildman–Crippen LogP) is 4.81. The summed E-state index contributed by atoms with van der Waals surface area (Å²) in [5.41, 5.74) is 1.35. The van der Waals surface area contributed by atoms with Crippen molar-refractivity contribution in [2.75, 3.05) is 0 Å². The third-order valence-electron chi connectivity index (χ3n) is 3.73. The second kappa shape index (κ2) is 7.79. The van der Waals surface area contributed by atoms with Gasteiger partial charge in [0.2, 0.25) is 0 Å². The molecule has 3 heteroatoms. The Morgan fingerprint density at radius 3 is 1.96 bits per heavy atom. The maximum Gasteiger partial charge on any atom is 0.306 e. The molecule has 0 N–H and O–H groups in total. The van der Waals surface area contributed by atoms with Crippen LogP contribution in [0.15, 0.2) is 60.7 Å². The summed E-state index contributed by atoms with van der Waals surface area (Å²) < 4.78 is 5.47. The molecule has 2 atom stereocenters. The summed E-state index contributed by atoms with van der Waals surface area (Å²) in [5, 5.41) is 9.75. The van der Waals surface area contributed by atoms with E-state index in [2.05, 4.69) is 6.07 Å². The van der Waals surface area contributed by atoms with E-state index in [0.29, 0.717) is 0 Å². The zero-order valence-electron chi connectivity index (χ0n) is 14.4. The van der Waals surface area contributed by atoms with Gasteiger partial charge in [-0.15, -0.1) is 0 Å². The minimum absolute atomic E-state index is 0.175. The van der Waals surface area contributed by atoms with Crippen LogP contribution in [-0.4, -0.2) is 11.6 Å². The topological polar surface area (TPSA) is 50.1 Å². The molecule has 0 saturated carbocycles.